The van der Waals surface area contributed by atoms with E-state index >= 15 is 0 Å². The van der Waals surface area contributed by atoms with E-state index in [4.69, 9.17) is 8.92 Å². The molecule has 3 aromatic rings. The number of rotatable bonds is 13. The Hall–Kier alpha value is -3.63. The minimum absolute atomic E-state index is 0.0568. The quantitative estimate of drug-likeness (QED) is 0.234. The molecule has 0 fully saturated rings. The Morgan fingerprint density at radius 3 is 2.08 bits per heavy atom. The zero-order valence-electron chi connectivity index (χ0n) is 22.3. The van der Waals surface area contributed by atoms with E-state index in [0.717, 1.165) is 21.0 Å². The lowest BCUT2D eigenvalue weighted by Crippen LogP contribution is -2.50. The highest BCUT2D eigenvalue weighted by Crippen LogP contribution is 2.18. The Balaban J connectivity index is 1.71. The minimum atomic E-state index is -4.07. The van der Waals surface area contributed by atoms with Crippen molar-refractivity contribution in [3.05, 3.63) is 112 Å². The van der Waals surface area contributed by atoms with Gasteiger partial charge in [0.15, 0.2) is 0 Å². The predicted molar refractivity (Wildman–Crippen MR) is 158 cm³/mol. The lowest BCUT2D eigenvalue weighted by Gasteiger charge is -2.23. The van der Waals surface area contributed by atoms with Crippen LogP contribution in [0.15, 0.2) is 101 Å². The van der Waals surface area contributed by atoms with Gasteiger partial charge in [-0.3, -0.25) is 4.79 Å². The number of hydrogen-bond acceptors (Lipinski definition) is 6. The third-order valence-corrected chi connectivity index (χ3v) is 7.10. The molecule has 0 aliphatic rings. The van der Waals surface area contributed by atoms with Gasteiger partial charge in [-0.15, -0.1) is 0 Å². The van der Waals surface area contributed by atoms with Gasteiger partial charge in [0.25, 0.3) is 0 Å². The molecule has 0 bridgehead atoms. The fraction of sp³-hybridized carbons (Fsp3) is 0.267. The number of halogens is 1. The Kier molecular flexibility index (Phi) is 11.8. The number of amides is 2. The van der Waals surface area contributed by atoms with E-state index in [1.165, 1.54) is 18.2 Å². The molecule has 0 aliphatic heterocycles. The maximum Gasteiger partial charge on any atom is 0.408 e. The number of hydrogen-bond donors (Lipinski definition) is 2. The summed E-state index contributed by atoms with van der Waals surface area (Å²) in [5, 5.41) is 6.47. The molecule has 0 aliphatic carbocycles. The van der Waals surface area contributed by atoms with E-state index in [1.807, 2.05) is 74.5 Å². The summed E-state index contributed by atoms with van der Waals surface area (Å²) < 4.78 is 36.4. The SMILES string of the molecule is CC(C)C[C@@H](/C=C/S(=O)(=O)Oc1ccc(Br)cc1)NC(=O)[C@H](Cc1ccccc1)NC(=O)OCc1ccccc1. The van der Waals surface area contributed by atoms with Crippen molar-refractivity contribution in [1.82, 2.24) is 10.6 Å². The molecule has 0 heterocycles. The van der Waals surface area contributed by atoms with Gasteiger partial charge in [0.2, 0.25) is 5.91 Å². The van der Waals surface area contributed by atoms with E-state index < -0.39 is 34.2 Å². The summed E-state index contributed by atoms with van der Waals surface area (Å²) in [7, 11) is -4.07. The predicted octanol–water partition coefficient (Wildman–Crippen LogP) is 5.74. The van der Waals surface area contributed by atoms with E-state index in [1.54, 1.807) is 12.1 Å². The van der Waals surface area contributed by atoms with Gasteiger partial charge in [-0.2, -0.15) is 8.42 Å². The molecule has 2 atom stereocenters. The summed E-state index contributed by atoms with van der Waals surface area (Å²) in [6, 6.07) is 23.3. The van der Waals surface area contributed by atoms with E-state index in [0.29, 0.717) is 6.42 Å². The second kappa shape index (κ2) is 15.2. The normalized spacial score (nSPS) is 13.0. The van der Waals surface area contributed by atoms with Crippen LogP contribution in [-0.4, -0.2) is 32.5 Å². The zero-order valence-corrected chi connectivity index (χ0v) is 24.7. The fourth-order valence-corrected chi connectivity index (χ4v) is 4.87. The van der Waals surface area contributed by atoms with E-state index in [-0.39, 0.29) is 24.7 Å². The van der Waals surface area contributed by atoms with Gasteiger partial charge >= 0.3 is 16.2 Å². The molecule has 2 N–H and O–H groups in total. The lowest BCUT2D eigenvalue weighted by atomic mass is 10.0. The minimum Gasteiger partial charge on any atom is -0.445 e. The molecule has 0 saturated carbocycles. The molecule has 0 radical (unpaired) electrons. The van der Waals surface area contributed by atoms with E-state index in [9.17, 15) is 18.0 Å². The van der Waals surface area contributed by atoms with Crippen LogP contribution in [0.4, 0.5) is 4.79 Å². The molecule has 10 heteroatoms. The molecule has 3 aromatic carbocycles. The topological polar surface area (TPSA) is 111 Å². The standard InChI is InChI=1S/C30H33BrN2O6S/c1-22(2)19-26(17-18-40(36,37)39-27-15-13-25(31)14-16-27)32-29(34)28(20-23-9-5-3-6-10-23)33-30(35)38-21-24-11-7-4-8-12-24/h3-18,22,26,28H,19-21H2,1-2H3,(H,32,34)(H,33,35)/b18-17+/t26-,28+/m1/s1. The second-order valence-corrected chi connectivity index (χ2v) is 11.9. The number of carbonyl (C=O) groups excluding carboxylic acids is 2. The Bertz CT molecular complexity index is 1360. The highest BCUT2D eigenvalue weighted by Gasteiger charge is 2.24. The van der Waals surface area contributed by atoms with Crippen molar-refractivity contribution >= 4 is 38.0 Å². The second-order valence-electron chi connectivity index (χ2n) is 9.55. The summed E-state index contributed by atoms with van der Waals surface area (Å²) in [5.74, 6) is -0.165. The summed E-state index contributed by atoms with van der Waals surface area (Å²) >= 11 is 3.29. The molecule has 3 rings (SSSR count). The smallest absolute Gasteiger partial charge is 0.408 e. The van der Waals surface area contributed by atoms with Crippen LogP contribution < -0.4 is 14.8 Å². The Morgan fingerprint density at radius 2 is 1.48 bits per heavy atom. The van der Waals surface area contributed by atoms with Gasteiger partial charge in [0.1, 0.15) is 18.4 Å². The van der Waals surface area contributed by atoms with Crippen molar-refractivity contribution in [2.45, 2.75) is 45.4 Å². The van der Waals surface area contributed by atoms with Crippen molar-refractivity contribution in [3.63, 3.8) is 0 Å². The molecule has 0 saturated heterocycles. The zero-order chi connectivity index (χ0) is 29.0. The van der Waals surface area contributed by atoms with Crippen molar-refractivity contribution in [3.8, 4) is 5.75 Å². The maximum atomic E-state index is 13.4. The van der Waals surface area contributed by atoms with Crippen LogP contribution in [0.1, 0.15) is 31.4 Å². The molecule has 2 amide bonds. The molecular formula is C30H33BrN2O6S. The first-order chi connectivity index (χ1) is 19.1. The molecule has 40 heavy (non-hydrogen) atoms. The molecule has 8 nitrogen and oxygen atoms in total. The van der Waals surface area contributed by atoms with Gasteiger partial charge in [-0.1, -0.05) is 90.4 Å². The van der Waals surface area contributed by atoms with Crippen LogP contribution in [0.5, 0.6) is 5.75 Å². The van der Waals surface area contributed by atoms with Crippen molar-refractivity contribution in [2.75, 3.05) is 0 Å². The first-order valence-electron chi connectivity index (χ1n) is 12.8. The number of carbonyl (C=O) groups is 2. The van der Waals surface area contributed by atoms with Gasteiger partial charge in [-0.25, -0.2) is 4.79 Å². The largest absolute Gasteiger partial charge is 0.445 e. The lowest BCUT2D eigenvalue weighted by molar-refractivity contribution is -0.123. The van der Waals surface area contributed by atoms with Crippen LogP contribution >= 0.6 is 15.9 Å². The number of ether oxygens (including phenoxy) is 1. The summed E-state index contributed by atoms with van der Waals surface area (Å²) in [6.45, 7) is 3.97. The monoisotopic (exact) mass is 628 g/mol. The highest BCUT2D eigenvalue weighted by molar-refractivity contribution is 9.10. The van der Waals surface area contributed by atoms with E-state index in [2.05, 4.69) is 26.6 Å². The van der Waals surface area contributed by atoms with Gasteiger partial charge < -0.3 is 19.6 Å². The highest BCUT2D eigenvalue weighted by atomic mass is 79.9. The Labute approximate surface area is 244 Å². The van der Waals surface area contributed by atoms with Crippen LogP contribution in [0.2, 0.25) is 0 Å². The maximum absolute atomic E-state index is 13.4. The van der Waals surface area contributed by atoms with Crippen LogP contribution in [0.25, 0.3) is 0 Å². The van der Waals surface area contributed by atoms with Crippen LogP contribution in [-0.2, 0) is 32.7 Å². The number of alkyl carbamates (subject to hydrolysis) is 1. The van der Waals surface area contributed by atoms with Crippen molar-refractivity contribution in [1.29, 1.82) is 0 Å². The van der Waals surface area contributed by atoms with Crippen LogP contribution in [0, 0.1) is 5.92 Å². The fourth-order valence-electron chi connectivity index (χ4n) is 3.79. The molecule has 212 valence electrons. The van der Waals surface area contributed by atoms with Gasteiger partial charge in [-0.05, 0) is 53.8 Å². The van der Waals surface area contributed by atoms with Crippen LogP contribution in [0.3, 0.4) is 0 Å². The summed E-state index contributed by atoms with van der Waals surface area (Å²) in [6.07, 6.45) is 1.34. The third-order valence-electron chi connectivity index (χ3n) is 5.66. The first-order valence-corrected chi connectivity index (χ1v) is 15.1. The molecule has 0 unspecified atom stereocenters. The number of benzene rings is 3. The molecular weight excluding hydrogens is 596 g/mol. The Morgan fingerprint density at radius 1 is 0.875 bits per heavy atom. The molecule has 0 aromatic heterocycles. The number of nitrogens with one attached hydrogen (secondary N) is 2. The molecule has 0 spiro atoms. The van der Waals surface area contributed by atoms with Crippen molar-refractivity contribution in [2.24, 2.45) is 5.92 Å². The van der Waals surface area contributed by atoms with Gasteiger partial charge in [0.05, 0.1) is 5.41 Å². The average molecular weight is 630 g/mol. The third kappa shape index (κ3) is 11.2. The van der Waals surface area contributed by atoms with Gasteiger partial charge in [0, 0.05) is 16.9 Å². The van der Waals surface area contributed by atoms with Crippen molar-refractivity contribution < 1.29 is 26.9 Å². The summed E-state index contributed by atoms with van der Waals surface area (Å²) in [5.41, 5.74) is 1.66. The average Bonchev–Trinajstić information content (AvgIpc) is 2.92. The summed E-state index contributed by atoms with van der Waals surface area (Å²) in [4.78, 5) is 26.0. The first kappa shape index (κ1) is 30.9.